The number of ether oxygens (including phenoxy) is 2. The van der Waals surface area contributed by atoms with E-state index in [9.17, 15) is 0 Å². The van der Waals surface area contributed by atoms with Crippen molar-refractivity contribution in [3.05, 3.63) is 40.3 Å². The number of aryl methyl sites for hydroxylation is 1. The van der Waals surface area contributed by atoms with E-state index < -0.39 is 0 Å². The normalized spacial score (nSPS) is 12.1. The lowest BCUT2D eigenvalue weighted by atomic mass is 10.3. The maximum atomic E-state index is 5.89. The number of methoxy groups -OCH3 is 1. The van der Waals surface area contributed by atoms with Crippen molar-refractivity contribution in [3.8, 4) is 11.5 Å². The number of guanidine groups is 1. The zero-order valence-corrected chi connectivity index (χ0v) is 18.8. The van der Waals surface area contributed by atoms with Crippen molar-refractivity contribution < 1.29 is 9.47 Å². The Hall–Kier alpha value is -1.55. The van der Waals surface area contributed by atoms with Gasteiger partial charge in [-0.15, -0.1) is 35.3 Å². The Morgan fingerprint density at radius 1 is 1.31 bits per heavy atom. The molecule has 8 heteroatoms. The number of nitrogens with one attached hydrogen (secondary N) is 2. The van der Waals surface area contributed by atoms with Gasteiger partial charge in [-0.3, -0.25) is 4.99 Å². The third-order valence-corrected chi connectivity index (χ3v) is 4.32. The molecular weight excluding hydrogens is 463 g/mol. The number of hydrogen-bond donors (Lipinski definition) is 2. The molecule has 0 amide bonds. The van der Waals surface area contributed by atoms with Crippen molar-refractivity contribution in [2.24, 2.45) is 4.99 Å². The van der Waals surface area contributed by atoms with Gasteiger partial charge < -0.3 is 20.1 Å². The van der Waals surface area contributed by atoms with Crippen LogP contribution < -0.4 is 20.1 Å². The summed E-state index contributed by atoms with van der Waals surface area (Å²) in [5.74, 6) is 2.33. The van der Waals surface area contributed by atoms with Crippen LogP contribution in [-0.4, -0.2) is 44.3 Å². The smallest absolute Gasteiger partial charge is 0.191 e. The molecule has 0 spiro atoms. The highest BCUT2D eigenvalue weighted by Gasteiger charge is 2.07. The molecule has 1 aromatic heterocycles. The summed E-state index contributed by atoms with van der Waals surface area (Å²) in [6.45, 7) is 5.46. The van der Waals surface area contributed by atoms with Crippen molar-refractivity contribution in [1.29, 1.82) is 0 Å². The van der Waals surface area contributed by atoms with E-state index in [-0.39, 0.29) is 30.1 Å². The lowest BCUT2D eigenvalue weighted by Crippen LogP contribution is -2.42. The first-order valence-corrected chi connectivity index (χ1v) is 9.15. The van der Waals surface area contributed by atoms with Gasteiger partial charge in [0.1, 0.15) is 17.6 Å². The molecule has 0 aliphatic rings. The Labute approximate surface area is 176 Å². The monoisotopic (exact) mass is 490 g/mol. The van der Waals surface area contributed by atoms with Gasteiger partial charge >= 0.3 is 0 Å². The number of hydrogen-bond acceptors (Lipinski definition) is 5. The Kier molecular flexibility index (Phi) is 10.3. The molecule has 0 radical (unpaired) electrons. The zero-order valence-electron chi connectivity index (χ0n) is 15.6. The maximum Gasteiger partial charge on any atom is 0.191 e. The lowest BCUT2D eigenvalue weighted by Gasteiger charge is -2.18. The average molecular weight is 490 g/mol. The fourth-order valence-corrected chi connectivity index (χ4v) is 2.89. The van der Waals surface area contributed by atoms with E-state index in [0.717, 1.165) is 41.1 Å². The highest BCUT2D eigenvalue weighted by molar-refractivity contribution is 14.0. The van der Waals surface area contributed by atoms with E-state index in [0.29, 0.717) is 6.54 Å². The predicted octanol–water partition coefficient (Wildman–Crippen LogP) is 3.25. The van der Waals surface area contributed by atoms with Crippen LogP contribution in [0.2, 0.25) is 0 Å². The summed E-state index contributed by atoms with van der Waals surface area (Å²) < 4.78 is 11.1. The van der Waals surface area contributed by atoms with Gasteiger partial charge in [0.2, 0.25) is 0 Å². The second kappa shape index (κ2) is 11.9. The molecule has 0 bridgehead atoms. The van der Waals surface area contributed by atoms with E-state index in [2.05, 4.69) is 26.0 Å². The van der Waals surface area contributed by atoms with Crippen LogP contribution in [0.15, 0.2) is 34.6 Å². The van der Waals surface area contributed by atoms with Crippen molar-refractivity contribution >= 4 is 41.3 Å². The van der Waals surface area contributed by atoms with E-state index in [4.69, 9.17) is 9.47 Å². The number of nitrogens with zero attached hydrogens (tertiary/aromatic N) is 2. The Balaban J connectivity index is 0.00000338. The molecule has 2 rings (SSSR count). The molecule has 1 heterocycles. The fourth-order valence-electron chi connectivity index (χ4n) is 2.24. The van der Waals surface area contributed by atoms with Crippen LogP contribution in [0.1, 0.15) is 17.6 Å². The van der Waals surface area contributed by atoms with Gasteiger partial charge in [-0.25, -0.2) is 4.98 Å². The maximum absolute atomic E-state index is 5.89. The highest BCUT2D eigenvalue weighted by atomic mass is 127. The minimum atomic E-state index is -0.00755. The molecular formula is C18H27IN4O2S. The number of benzene rings is 1. The van der Waals surface area contributed by atoms with Crippen molar-refractivity contribution in [2.75, 3.05) is 27.2 Å². The molecule has 144 valence electrons. The third-order valence-electron chi connectivity index (χ3n) is 3.50. The highest BCUT2D eigenvalue weighted by Crippen LogP contribution is 2.19. The number of halogens is 1. The molecule has 1 aromatic carbocycles. The summed E-state index contributed by atoms with van der Waals surface area (Å²) in [5, 5.41) is 9.76. The van der Waals surface area contributed by atoms with Gasteiger partial charge in [-0.05, 0) is 26.0 Å². The van der Waals surface area contributed by atoms with Crippen molar-refractivity contribution in [1.82, 2.24) is 15.6 Å². The first-order chi connectivity index (χ1) is 12.1. The lowest BCUT2D eigenvalue weighted by molar-refractivity contribution is 0.223. The third kappa shape index (κ3) is 7.77. The fraction of sp³-hybridized carbons (Fsp3) is 0.444. The molecule has 0 aliphatic heterocycles. The minimum Gasteiger partial charge on any atom is -0.497 e. The Morgan fingerprint density at radius 3 is 2.73 bits per heavy atom. The summed E-state index contributed by atoms with van der Waals surface area (Å²) >= 11 is 1.68. The summed E-state index contributed by atoms with van der Waals surface area (Å²) in [6.07, 6.45) is 0.868. The number of aliphatic imine (C=N–C) groups is 1. The summed E-state index contributed by atoms with van der Waals surface area (Å²) in [5.41, 5.74) is 1.11. The van der Waals surface area contributed by atoms with E-state index in [1.165, 1.54) is 0 Å². The summed E-state index contributed by atoms with van der Waals surface area (Å²) in [7, 11) is 3.41. The molecule has 6 nitrogen and oxygen atoms in total. The molecule has 0 saturated heterocycles. The van der Waals surface area contributed by atoms with E-state index in [1.807, 2.05) is 38.1 Å². The molecule has 1 unspecified atom stereocenters. The SMILES string of the molecule is CN=C(NCCc1csc(C)n1)NCC(C)Oc1cccc(OC)c1.I. The van der Waals surface area contributed by atoms with Crippen molar-refractivity contribution in [2.45, 2.75) is 26.4 Å². The van der Waals surface area contributed by atoms with E-state index in [1.54, 1.807) is 25.5 Å². The molecule has 26 heavy (non-hydrogen) atoms. The van der Waals surface area contributed by atoms with E-state index >= 15 is 0 Å². The second-order valence-electron chi connectivity index (χ2n) is 5.60. The Morgan fingerprint density at radius 2 is 2.08 bits per heavy atom. The Bertz CT molecular complexity index is 693. The molecule has 0 fully saturated rings. The quantitative estimate of drug-likeness (QED) is 0.338. The van der Waals surface area contributed by atoms with Gasteiger partial charge in [-0.2, -0.15) is 0 Å². The first-order valence-electron chi connectivity index (χ1n) is 8.27. The van der Waals surface area contributed by atoms with Crippen LogP contribution in [0.5, 0.6) is 11.5 Å². The number of rotatable bonds is 8. The second-order valence-corrected chi connectivity index (χ2v) is 6.66. The summed E-state index contributed by atoms with van der Waals surface area (Å²) in [6, 6.07) is 7.60. The largest absolute Gasteiger partial charge is 0.497 e. The molecule has 0 aliphatic carbocycles. The number of aromatic nitrogens is 1. The van der Waals surface area contributed by atoms with Crippen LogP contribution >= 0.6 is 35.3 Å². The van der Waals surface area contributed by atoms with Gasteiger partial charge in [0.15, 0.2) is 5.96 Å². The van der Waals surface area contributed by atoms with Crippen LogP contribution in [0, 0.1) is 6.92 Å². The standard InChI is InChI=1S/C18H26N4O2S.HI/c1-13(24-17-7-5-6-16(10-17)23-4)11-21-18(19-3)20-9-8-15-12-25-14(2)22-15;/h5-7,10,12-13H,8-9,11H2,1-4H3,(H2,19,20,21);1H. The van der Waals surface area contributed by atoms with Crippen molar-refractivity contribution in [3.63, 3.8) is 0 Å². The number of thiazole rings is 1. The first kappa shape index (κ1) is 22.5. The average Bonchev–Trinajstić information content (AvgIpc) is 3.03. The topological polar surface area (TPSA) is 67.8 Å². The predicted molar refractivity (Wildman–Crippen MR) is 118 cm³/mol. The van der Waals surface area contributed by atoms with Gasteiger partial charge in [0.05, 0.1) is 24.4 Å². The van der Waals surface area contributed by atoms with Crippen LogP contribution in [0.3, 0.4) is 0 Å². The van der Waals surface area contributed by atoms with Crippen LogP contribution in [0.4, 0.5) is 0 Å². The molecule has 1 atom stereocenters. The van der Waals surface area contributed by atoms with Crippen LogP contribution in [0.25, 0.3) is 0 Å². The van der Waals surface area contributed by atoms with Gasteiger partial charge in [0.25, 0.3) is 0 Å². The molecule has 0 saturated carbocycles. The van der Waals surface area contributed by atoms with Crippen LogP contribution in [-0.2, 0) is 6.42 Å². The minimum absolute atomic E-state index is 0. The van der Waals surface area contributed by atoms with Gasteiger partial charge in [-0.1, -0.05) is 6.07 Å². The summed E-state index contributed by atoms with van der Waals surface area (Å²) in [4.78, 5) is 8.69. The molecule has 2 N–H and O–H groups in total. The zero-order chi connectivity index (χ0) is 18.1. The van der Waals surface area contributed by atoms with Gasteiger partial charge in [0, 0.05) is 31.5 Å². The molecule has 2 aromatic rings.